The Morgan fingerprint density at radius 2 is 1.73 bits per heavy atom. The topological polar surface area (TPSA) is 80.8 Å². The van der Waals surface area contributed by atoms with Crippen LogP contribution >= 0.6 is 11.8 Å². The van der Waals surface area contributed by atoms with E-state index in [1.54, 1.807) is 49.4 Å². The van der Waals surface area contributed by atoms with Crippen molar-refractivity contribution in [2.24, 2.45) is 0 Å². The number of imide groups is 1. The molecule has 0 saturated carbocycles. The fourth-order valence-electron chi connectivity index (χ4n) is 2.72. The lowest BCUT2D eigenvalue weighted by Crippen LogP contribution is -2.30. The first-order chi connectivity index (χ1) is 12.6. The van der Waals surface area contributed by atoms with Crippen LogP contribution in [0.15, 0.2) is 47.4 Å². The molecule has 0 N–H and O–H groups in total. The van der Waals surface area contributed by atoms with Crippen LogP contribution in [0.1, 0.15) is 38.0 Å². The number of hydrogen-bond acceptors (Lipinski definition) is 6. The van der Waals surface area contributed by atoms with Crippen molar-refractivity contribution in [3.8, 4) is 0 Å². The maximum absolute atomic E-state index is 12.6. The van der Waals surface area contributed by atoms with Crippen LogP contribution in [0.5, 0.6) is 0 Å². The van der Waals surface area contributed by atoms with Crippen LogP contribution in [0.25, 0.3) is 0 Å². The number of fused-ring (bicyclic) bond motifs is 1. The third-order valence-electron chi connectivity index (χ3n) is 3.85. The Morgan fingerprint density at radius 1 is 1.08 bits per heavy atom. The van der Waals surface area contributed by atoms with E-state index in [9.17, 15) is 19.2 Å². The first-order valence-electron chi connectivity index (χ1n) is 7.93. The molecule has 6 nitrogen and oxygen atoms in total. The Balaban J connectivity index is 1.95. The molecule has 2 aromatic carbocycles. The number of benzene rings is 2. The minimum Gasteiger partial charge on any atom is -0.465 e. The van der Waals surface area contributed by atoms with Gasteiger partial charge in [-0.05, 0) is 31.2 Å². The molecule has 0 spiro atoms. The van der Waals surface area contributed by atoms with E-state index < -0.39 is 17.8 Å². The standard InChI is InChI=1S/C19H15NO5S/c1-2-25-17(22)11-26-16-9-5-8-15(14(16)10-21)20-18(23)12-6-3-4-7-13(12)19(20)24/h3-10H,2,11H2,1H3. The van der Waals surface area contributed by atoms with E-state index in [1.807, 2.05) is 0 Å². The first kappa shape index (κ1) is 17.9. The van der Waals surface area contributed by atoms with Gasteiger partial charge in [-0.2, -0.15) is 0 Å². The van der Waals surface area contributed by atoms with Crippen LogP contribution in [-0.2, 0) is 9.53 Å². The van der Waals surface area contributed by atoms with Crippen LogP contribution in [-0.4, -0.2) is 36.4 Å². The Kier molecular flexibility index (Phi) is 5.18. The lowest BCUT2D eigenvalue weighted by atomic mass is 10.1. The van der Waals surface area contributed by atoms with Gasteiger partial charge in [0.05, 0.1) is 34.7 Å². The first-order valence-corrected chi connectivity index (χ1v) is 8.91. The third kappa shape index (κ3) is 3.13. The van der Waals surface area contributed by atoms with Crippen molar-refractivity contribution in [3.63, 3.8) is 0 Å². The molecule has 2 aromatic rings. The number of carbonyl (C=O) groups excluding carboxylic acids is 4. The number of aldehydes is 1. The lowest BCUT2D eigenvalue weighted by Gasteiger charge is -2.17. The molecular weight excluding hydrogens is 354 g/mol. The third-order valence-corrected chi connectivity index (χ3v) is 4.89. The minimum absolute atomic E-state index is 0.0280. The van der Waals surface area contributed by atoms with Gasteiger partial charge >= 0.3 is 5.97 Å². The van der Waals surface area contributed by atoms with Crippen LogP contribution in [0, 0.1) is 0 Å². The van der Waals surface area contributed by atoms with Crippen molar-refractivity contribution in [1.29, 1.82) is 0 Å². The van der Waals surface area contributed by atoms with Crippen molar-refractivity contribution in [2.75, 3.05) is 17.3 Å². The van der Waals surface area contributed by atoms with Gasteiger partial charge in [0.15, 0.2) is 6.29 Å². The number of nitrogens with zero attached hydrogens (tertiary/aromatic N) is 1. The highest BCUT2D eigenvalue weighted by atomic mass is 32.2. The largest absolute Gasteiger partial charge is 0.465 e. The van der Waals surface area contributed by atoms with Gasteiger partial charge in [-0.1, -0.05) is 18.2 Å². The van der Waals surface area contributed by atoms with Crippen molar-refractivity contribution >= 4 is 41.5 Å². The number of hydrogen-bond donors (Lipinski definition) is 0. The Morgan fingerprint density at radius 3 is 2.31 bits per heavy atom. The van der Waals surface area contributed by atoms with Gasteiger partial charge in [0.2, 0.25) is 0 Å². The summed E-state index contributed by atoms with van der Waals surface area (Å²) in [7, 11) is 0. The second-order valence-electron chi connectivity index (χ2n) is 5.39. The van der Waals surface area contributed by atoms with Gasteiger partial charge in [-0.15, -0.1) is 11.8 Å². The molecule has 0 radical (unpaired) electrons. The van der Waals surface area contributed by atoms with E-state index in [2.05, 4.69) is 0 Å². The summed E-state index contributed by atoms with van der Waals surface area (Å²) in [6, 6.07) is 11.4. The number of amides is 2. The molecule has 1 heterocycles. The molecule has 1 aliphatic rings. The smallest absolute Gasteiger partial charge is 0.316 e. The maximum atomic E-state index is 12.6. The average Bonchev–Trinajstić information content (AvgIpc) is 2.91. The van der Waals surface area contributed by atoms with E-state index in [0.29, 0.717) is 22.3 Å². The van der Waals surface area contributed by atoms with Crippen LogP contribution in [0.2, 0.25) is 0 Å². The number of rotatable bonds is 6. The highest BCUT2D eigenvalue weighted by Gasteiger charge is 2.37. The summed E-state index contributed by atoms with van der Waals surface area (Å²) in [6.45, 7) is 1.98. The van der Waals surface area contributed by atoms with E-state index in [0.717, 1.165) is 16.7 Å². The quantitative estimate of drug-likeness (QED) is 0.337. The predicted octanol–water partition coefficient (Wildman–Crippen LogP) is 2.95. The molecule has 3 rings (SSSR count). The highest BCUT2D eigenvalue weighted by molar-refractivity contribution is 8.00. The molecule has 0 atom stereocenters. The number of anilines is 1. The van der Waals surface area contributed by atoms with Gasteiger partial charge in [-0.25, -0.2) is 4.90 Å². The number of carbonyl (C=O) groups is 4. The summed E-state index contributed by atoms with van der Waals surface area (Å²) in [5.74, 6) is -1.32. The minimum atomic E-state index is -0.471. The molecule has 0 aromatic heterocycles. The molecule has 7 heteroatoms. The van der Waals surface area contributed by atoms with Gasteiger partial charge in [0.25, 0.3) is 11.8 Å². The van der Waals surface area contributed by atoms with E-state index in [4.69, 9.17) is 4.74 Å². The SMILES string of the molecule is CCOC(=O)CSc1cccc(N2C(=O)c3ccccc3C2=O)c1C=O. The lowest BCUT2D eigenvalue weighted by molar-refractivity contribution is -0.139. The zero-order chi connectivity index (χ0) is 18.7. The molecule has 0 fully saturated rings. The van der Waals surface area contributed by atoms with E-state index in [1.165, 1.54) is 0 Å². The predicted molar refractivity (Wildman–Crippen MR) is 96.8 cm³/mol. The normalized spacial score (nSPS) is 12.9. The Labute approximate surface area is 154 Å². The zero-order valence-electron chi connectivity index (χ0n) is 13.9. The molecule has 0 aliphatic carbocycles. The van der Waals surface area contributed by atoms with Crippen molar-refractivity contribution in [3.05, 3.63) is 59.2 Å². The second kappa shape index (κ2) is 7.53. The fraction of sp³-hybridized carbons (Fsp3) is 0.158. The highest BCUT2D eigenvalue weighted by Crippen LogP contribution is 2.34. The van der Waals surface area contributed by atoms with E-state index in [-0.39, 0.29) is 23.6 Å². The molecule has 0 saturated heterocycles. The molecule has 0 unspecified atom stereocenters. The number of thioether (sulfide) groups is 1. The molecule has 132 valence electrons. The maximum Gasteiger partial charge on any atom is 0.316 e. The number of esters is 1. The van der Waals surface area contributed by atoms with Crippen molar-refractivity contribution in [1.82, 2.24) is 0 Å². The van der Waals surface area contributed by atoms with Gasteiger partial charge in [0.1, 0.15) is 0 Å². The van der Waals surface area contributed by atoms with Crippen molar-refractivity contribution < 1.29 is 23.9 Å². The molecule has 1 aliphatic heterocycles. The monoisotopic (exact) mass is 369 g/mol. The zero-order valence-corrected chi connectivity index (χ0v) is 14.7. The molecule has 2 amide bonds. The molecule has 26 heavy (non-hydrogen) atoms. The second-order valence-corrected chi connectivity index (χ2v) is 6.41. The van der Waals surface area contributed by atoms with Crippen LogP contribution in [0.4, 0.5) is 5.69 Å². The summed E-state index contributed by atoms with van der Waals surface area (Å²) >= 11 is 1.12. The summed E-state index contributed by atoms with van der Waals surface area (Å²) in [5.41, 5.74) is 1.01. The Hall–Kier alpha value is -2.93. The number of ether oxygens (including phenoxy) is 1. The summed E-state index contributed by atoms with van der Waals surface area (Å²) in [6.07, 6.45) is 0.590. The van der Waals surface area contributed by atoms with Gasteiger partial charge in [-0.3, -0.25) is 19.2 Å². The molecule has 0 bridgehead atoms. The van der Waals surface area contributed by atoms with E-state index >= 15 is 0 Å². The summed E-state index contributed by atoms with van der Waals surface area (Å²) in [5, 5.41) is 0. The van der Waals surface area contributed by atoms with Gasteiger partial charge < -0.3 is 4.74 Å². The van der Waals surface area contributed by atoms with Crippen LogP contribution in [0.3, 0.4) is 0 Å². The van der Waals surface area contributed by atoms with Crippen molar-refractivity contribution in [2.45, 2.75) is 11.8 Å². The Bertz CT molecular complexity index is 874. The summed E-state index contributed by atoms with van der Waals surface area (Å²) in [4.78, 5) is 50.0. The van der Waals surface area contributed by atoms with Crippen LogP contribution < -0.4 is 4.90 Å². The fourth-order valence-corrected chi connectivity index (χ4v) is 3.56. The van der Waals surface area contributed by atoms with Gasteiger partial charge in [0, 0.05) is 4.90 Å². The summed E-state index contributed by atoms with van der Waals surface area (Å²) < 4.78 is 4.88. The molecular formula is C19H15NO5S. The average molecular weight is 369 g/mol.